The average Bonchev–Trinajstić information content (AvgIpc) is 2.99. The number of thioether (sulfide) groups is 1. The number of anilines is 1. The number of hydrogen-bond donors (Lipinski definition) is 1. The number of nitrogens with zero attached hydrogens (tertiary/aromatic N) is 3. The number of carbonyl (C=O) groups is 1. The van der Waals surface area contributed by atoms with E-state index < -0.39 is 0 Å². The number of carbonyl (C=O) groups excluding carboxylic acids is 1. The van der Waals surface area contributed by atoms with Crippen molar-refractivity contribution in [2.75, 3.05) is 11.1 Å². The van der Waals surface area contributed by atoms with E-state index in [1.807, 2.05) is 13.0 Å². The van der Waals surface area contributed by atoms with Crippen molar-refractivity contribution >= 4 is 46.2 Å². The predicted octanol–water partition coefficient (Wildman–Crippen LogP) is 3.25. The van der Waals surface area contributed by atoms with E-state index >= 15 is 0 Å². The number of hydrogen-bond acceptors (Lipinski definition) is 5. The van der Waals surface area contributed by atoms with Gasteiger partial charge in [-0.3, -0.25) is 9.48 Å². The molecule has 3 aromatic rings. The zero-order valence-electron chi connectivity index (χ0n) is 12.0. The van der Waals surface area contributed by atoms with E-state index in [1.165, 1.54) is 11.8 Å². The molecular formula is C14H13ClN4O2S. The topological polar surface area (TPSA) is 73.0 Å². The van der Waals surface area contributed by atoms with E-state index in [-0.39, 0.29) is 11.7 Å². The fourth-order valence-electron chi connectivity index (χ4n) is 1.97. The maximum absolute atomic E-state index is 12.0. The van der Waals surface area contributed by atoms with Crippen molar-refractivity contribution in [3.05, 3.63) is 35.0 Å². The maximum atomic E-state index is 12.0. The monoisotopic (exact) mass is 336 g/mol. The fourth-order valence-corrected chi connectivity index (χ4v) is 2.78. The molecule has 0 spiro atoms. The van der Waals surface area contributed by atoms with E-state index in [2.05, 4.69) is 15.4 Å². The second-order valence-corrected chi connectivity index (χ2v) is 6.09. The number of amides is 1. The molecule has 114 valence electrons. The van der Waals surface area contributed by atoms with Crippen LogP contribution in [0.25, 0.3) is 11.1 Å². The van der Waals surface area contributed by atoms with Crippen LogP contribution in [0.3, 0.4) is 0 Å². The molecule has 0 aliphatic heterocycles. The molecule has 8 heteroatoms. The molecule has 6 nitrogen and oxygen atoms in total. The SMILES string of the molecule is Cc1cc(NC(=O)CSc2nc3cc(Cl)ccc3o2)n(C)n1. The lowest BCUT2D eigenvalue weighted by Crippen LogP contribution is -2.16. The third kappa shape index (κ3) is 3.26. The van der Waals surface area contributed by atoms with Crippen LogP contribution in [0.1, 0.15) is 5.69 Å². The van der Waals surface area contributed by atoms with Crippen molar-refractivity contribution in [2.24, 2.45) is 7.05 Å². The van der Waals surface area contributed by atoms with E-state index in [0.29, 0.717) is 27.2 Å². The molecule has 0 bridgehead atoms. The summed E-state index contributed by atoms with van der Waals surface area (Å²) in [6.07, 6.45) is 0. The van der Waals surface area contributed by atoms with Crippen LogP contribution < -0.4 is 5.32 Å². The summed E-state index contributed by atoms with van der Waals surface area (Å²) in [5.41, 5.74) is 2.17. The molecule has 22 heavy (non-hydrogen) atoms. The van der Waals surface area contributed by atoms with Gasteiger partial charge in [0, 0.05) is 18.1 Å². The first-order chi connectivity index (χ1) is 10.5. The summed E-state index contributed by atoms with van der Waals surface area (Å²) < 4.78 is 7.17. The Kier molecular flexibility index (Phi) is 4.08. The van der Waals surface area contributed by atoms with Gasteiger partial charge in [-0.15, -0.1) is 0 Å². The molecule has 0 radical (unpaired) electrons. The van der Waals surface area contributed by atoms with Crippen molar-refractivity contribution in [1.29, 1.82) is 0 Å². The molecular weight excluding hydrogens is 324 g/mol. The Hall–Kier alpha value is -1.99. The largest absolute Gasteiger partial charge is 0.431 e. The number of aromatic nitrogens is 3. The van der Waals surface area contributed by atoms with E-state index in [0.717, 1.165) is 5.69 Å². The van der Waals surface area contributed by atoms with Crippen molar-refractivity contribution < 1.29 is 9.21 Å². The Morgan fingerprint density at radius 3 is 3.00 bits per heavy atom. The van der Waals surface area contributed by atoms with Crippen molar-refractivity contribution in [2.45, 2.75) is 12.1 Å². The smallest absolute Gasteiger partial charge is 0.257 e. The van der Waals surface area contributed by atoms with E-state index in [1.54, 1.807) is 29.9 Å². The van der Waals surface area contributed by atoms with Gasteiger partial charge < -0.3 is 9.73 Å². The van der Waals surface area contributed by atoms with Crippen LogP contribution in [-0.4, -0.2) is 26.4 Å². The number of fused-ring (bicyclic) bond motifs is 1. The molecule has 2 heterocycles. The standard InChI is InChI=1S/C14H13ClN4O2S/c1-8-5-12(19(2)18-8)17-13(20)7-22-14-16-10-6-9(15)3-4-11(10)21-14/h3-6H,7H2,1-2H3,(H,17,20). The lowest BCUT2D eigenvalue weighted by atomic mass is 10.3. The van der Waals surface area contributed by atoms with Crippen LogP contribution >= 0.6 is 23.4 Å². The molecule has 1 aromatic carbocycles. The highest BCUT2D eigenvalue weighted by molar-refractivity contribution is 7.99. The van der Waals surface area contributed by atoms with Crippen molar-refractivity contribution in [3.63, 3.8) is 0 Å². The second kappa shape index (κ2) is 6.02. The normalized spacial score (nSPS) is 11.0. The zero-order valence-corrected chi connectivity index (χ0v) is 13.5. The number of nitrogens with one attached hydrogen (secondary N) is 1. The molecule has 0 saturated heterocycles. The molecule has 0 saturated carbocycles. The Morgan fingerprint density at radius 2 is 2.27 bits per heavy atom. The molecule has 0 unspecified atom stereocenters. The third-order valence-corrected chi connectivity index (χ3v) is 3.99. The fraction of sp³-hybridized carbons (Fsp3) is 0.214. The molecule has 3 rings (SSSR count). The van der Waals surface area contributed by atoms with Crippen LogP contribution in [0.5, 0.6) is 0 Å². The minimum Gasteiger partial charge on any atom is -0.431 e. The van der Waals surface area contributed by atoms with Gasteiger partial charge in [0.15, 0.2) is 5.58 Å². The number of rotatable bonds is 4. The van der Waals surface area contributed by atoms with Gasteiger partial charge in [0.05, 0.1) is 11.4 Å². The predicted molar refractivity (Wildman–Crippen MR) is 86.3 cm³/mol. The molecule has 1 amide bonds. The summed E-state index contributed by atoms with van der Waals surface area (Å²) >= 11 is 7.13. The van der Waals surface area contributed by atoms with E-state index in [4.69, 9.17) is 16.0 Å². The zero-order chi connectivity index (χ0) is 15.7. The van der Waals surface area contributed by atoms with Gasteiger partial charge in [0.25, 0.3) is 5.22 Å². The molecule has 1 N–H and O–H groups in total. The first-order valence-electron chi connectivity index (χ1n) is 6.50. The Morgan fingerprint density at radius 1 is 1.45 bits per heavy atom. The van der Waals surface area contributed by atoms with Crippen molar-refractivity contribution in [1.82, 2.24) is 14.8 Å². The first-order valence-corrected chi connectivity index (χ1v) is 7.87. The highest BCUT2D eigenvalue weighted by atomic mass is 35.5. The molecule has 0 aliphatic carbocycles. The van der Waals surface area contributed by atoms with Crippen LogP contribution in [0.15, 0.2) is 33.9 Å². The van der Waals surface area contributed by atoms with Gasteiger partial charge >= 0.3 is 0 Å². The third-order valence-electron chi connectivity index (χ3n) is 2.93. The minimum atomic E-state index is -0.145. The summed E-state index contributed by atoms with van der Waals surface area (Å²) in [5.74, 6) is 0.714. The summed E-state index contributed by atoms with van der Waals surface area (Å²) in [7, 11) is 1.78. The Bertz CT molecular complexity index is 843. The van der Waals surface area contributed by atoms with Gasteiger partial charge in [0.2, 0.25) is 5.91 Å². The number of benzene rings is 1. The lowest BCUT2D eigenvalue weighted by Gasteiger charge is -2.03. The highest BCUT2D eigenvalue weighted by Crippen LogP contribution is 2.25. The molecule has 0 aliphatic rings. The van der Waals surface area contributed by atoms with Gasteiger partial charge in [-0.2, -0.15) is 5.10 Å². The maximum Gasteiger partial charge on any atom is 0.257 e. The molecule has 0 atom stereocenters. The molecule has 0 fully saturated rings. The summed E-state index contributed by atoms with van der Waals surface area (Å²) in [5, 5.41) is 8.00. The van der Waals surface area contributed by atoms with Crippen LogP contribution in [0, 0.1) is 6.92 Å². The van der Waals surface area contributed by atoms with Gasteiger partial charge in [-0.25, -0.2) is 4.98 Å². The highest BCUT2D eigenvalue weighted by Gasteiger charge is 2.11. The van der Waals surface area contributed by atoms with Crippen molar-refractivity contribution in [3.8, 4) is 0 Å². The number of aryl methyl sites for hydroxylation is 2. The molecule has 2 aromatic heterocycles. The summed E-state index contributed by atoms with van der Waals surface area (Å²) in [6.45, 7) is 1.87. The van der Waals surface area contributed by atoms with Crippen LogP contribution in [0.2, 0.25) is 5.02 Å². The number of halogens is 1. The first kappa shape index (κ1) is 14.9. The number of oxazole rings is 1. The average molecular weight is 337 g/mol. The summed E-state index contributed by atoms with van der Waals surface area (Å²) in [4.78, 5) is 16.2. The van der Waals surface area contributed by atoms with Crippen LogP contribution in [-0.2, 0) is 11.8 Å². The van der Waals surface area contributed by atoms with Gasteiger partial charge in [-0.1, -0.05) is 23.4 Å². The van der Waals surface area contributed by atoms with E-state index in [9.17, 15) is 4.79 Å². The minimum absolute atomic E-state index is 0.145. The quantitative estimate of drug-likeness (QED) is 0.740. The Balaban J connectivity index is 1.63. The van der Waals surface area contributed by atoms with Gasteiger partial charge in [0.1, 0.15) is 11.3 Å². The Labute approximate surface area is 135 Å². The lowest BCUT2D eigenvalue weighted by molar-refractivity contribution is -0.113. The summed E-state index contributed by atoms with van der Waals surface area (Å²) in [6, 6.07) is 7.03. The van der Waals surface area contributed by atoms with Gasteiger partial charge in [-0.05, 0) is 25.1 Å². The second-order valence-electron chi connectivity index (χ2n) is 4.72. The van der Waals surface area contributed by atoms with Crippen LogP contribution in [0.4, 0.5) is 5.82 Å².